The molecule has 0 saturated heterocycles. The molecule has 0 bridgehead atoms. The molecule has 0 aliphatic carbocycles. The molecule has 1 unspecified atom stereocenters. The van der Waals surface area contributed by atoms with Crippen LogP contribution in [0.1, 0.15) is 28.4 Å². The van der Waals surface area contributed by atoms with Crippen LogP contribution in [0.25, 0.3) is 11.5 Å². The number of aryl methyl sites for hydroxylation is 2. The van der Waals surface area contributed by atoms with Gasteiger partial charge in [-0.15, -0.1) is 5.10 Å². The highest BCUT2D eigenvalue weighted by atomic mass is 16.5. The number of rotatable bonds is 6. The van der Waals surface area contributed by atoms with E-state index in [-0.39, 0.29) is 11.7 Å². The summed E-state index contributed by atoms with van der Waals surface area (Å²) in [5.74, 6) is -1.73. The second-order valence-corrected chi connectivity index (χ2v) is 6.49. The van der Waals surface area contributed by atoms with Crippen molar-refractivity contribution in [1.82, 2.24) is 9.78 Å². The van der Waals surface area contributed by atoms with Gasteiger partial charge in [0.25, 0.3) is 0 Å². The summed E-state index contributed by atoms with van der Waals surface area (Å²) in [7, 11) is 0. The molecule has 1 atom stereocenters. The maximum atomic E-state index is 12.5. The zero-order valence-electron chi connectivity index (χ0n) is 15.8. The molecule has 3 aromatic rings. The highest BCUT2D eigenvalue weighted by Crippen LogP contribution is 2.15. The van der Waals surface area contributed by atoms with Crippen LogP contribution in [0.4, 0.5) is 0 Å². The summed E-state index contributed by atoms with van der Waals surface area (Å²) in [4.78, 5) is 36.6. The molecule has 0 N–H and O–H groups in total. The van der Waals surface area contributed by atoms with Crippen molar-refractivity contribution in [2.75, 3.05) is 0 Å². The Bertz CT molecular complexity index is 1070. The molecular formula is C21H20N2O5. The number of hydrogen-bond acceptors (Lipinski definition) is 6. The number of benzene rings is 2. The van der Waals surface area contributed by atoms with Crippen LogP contribution in [0.15, 0.2) is 57.7 Å². The summed E-state index contributed by atoms with van der Waals surface area (Å²) in [6.45, 7) is 4.91. The van der Waals surface area contributed by atoms with Crippen LogP contribution in [-0.2, 0) is 16.1 Å². The largest absolute Gasteiger partial charge is 0.453 e. The topological polar surface area (TPSA) is 91.4 Å². The van der Waals surface area contributed by atoms with Crippen LogP contribution in [0.3, 0.4) is 0 Å². The van der Waals surface area contributed by atoms with Gasteiger partial charge in [-0.1, -0.05) is 30.3 Å². The van der Waals surface area contributed by atoms with Crippen molar-refractivity contribution < 1.29 is 18.7 Å². The summed E-state index contributed by atoms with van der Waals surface area (Å²) in [6, 6.07) is 14.2. The SMILES string of the molecule is Cc1ccc(C(=O)C(C)OC(=O)Cn2nc(-c3ccccc3)oc2=O)cc1C. The van der Waals surface area contributed by atoms with Crippen LogP contribution in [0.5, 0.6) is 0 Å². The Morgan fingerprint density at radius 2 is 1.82 bits per heavy atom. The first kappa shape index (κ1) is 19.3. The molecular weight excluding hydrogens is 360 g/mol. The molecule has 144 valence electrons. The van der Waals surface area contributed by atoms with Crippen molar-refractivity contribution in [2.24, 2.45) is 0 Å². The third-order valence-corrected chi connectivity index (χ3v) is 4.37. The van der Waals surface area contributed by atoms with Gasteiger partial charge in [0.15, 0.2) is 6.10 Å². The number of ketones is 1. The molecule has 0 saturated carbocycles. The normalized spacial score (nSPS) is 11.8. The van der Waals surface area contributed by atoms with E-state index in [1.54, 1.807) is 36.4 Å². The summed E-state index contributed by atoms with van der Waals surface area (Å²) < 4.78 is 11.1. The number of hydrogen-bond donors (Lipinski definition) is 0. The van der Waals surface area contributed by atoms with E-state index < -0.39 is 24.4 Å². The van der Waals surface area contributed by atoms with Crippen LogP contribution in [0, 0.1) is 13.8 Å². The van der Waals surface area contributed by atoms with E-state index in [1.807, 2.05) is 26.0 Å². The van der Waals surface area contributed by atoms with E-state index in [1.165, 1.54) is 6.92 Å². The zero-order valence-corrected chi connectivity index (χ0v) is 15.8. The van der Waals surface area contributed by atoms with Crippen LogP contribution < -0.4 is 5.76 Å². The molecule has 3 rings (SSSR count). The third-order valence-electron chi connectivity index (χ3n) is 4.37. The van der Waals surface area contributed by atoms with Gasteiger partial charge in [-0.25, -0.2) is 4.79 Å². The molecule has 0 fully saturated rings. The predicted octanol–water partition coefficient (Wildman–Crippen LogP) is 2.93. The molecule has 0 amide bonds. The van der Waals surface area contributed by atoms with Crippen molar-refractivity contribution in [3.05, 3.63) is 75.8 Å². The van der Waals surface area contributed by atoms with Crippen LogP contribution >= 0.6 is 0 Å². The number of nitrogens with zero attached hydrogens (tertiary/aromatic N) is 2. The molecule has 2 aromatic carbocycles. The van der Waals surface area contributed by atoms with Gasteiger partial charge in [-0.05, 0) is 50.1 Å². The fourth-order valence-corrected chi connectivity index (χ4v) is 2.64. The van der Waals surface area contributed by atoms with E-state index in [9.17, 15) is 14.4 Å². The first-order chi connectivity index (χ1) is 13.3. The lowest BCUT2D eigenvalue weighted by atomic mass is 10.0. The zero-order chi connectivity index (χ0) is 20.3. The third kappa shape index (κ3) is 4.25. The number of carbonyl (C=O) groups is 2. The fraction of sp³-hybridized carbons (Fsp3) is 0.238. The highest BCUT2D eigenvalue weighted by molar-refractivity contribution is 6.00. The standard InChI is InChI=1S/C21H20N2O5/c1-13-9-10-17(11-14(13)2)19(25)15(3)27-18(24)12-23-21(26)28-20(22-23)16-7-5-4-6-8-16/h4-11,15H,12H2,1-3H3. The molecule has 7 heteroatoms. The number of aromatic nitrogens is 2. The Hall–Kier alpha value is -3.48. The summed E-state index contributed by atoms with van der Waals surface area (Å²) in [5.41, 5.74) is 3.13. The monoisotopic (exact) mass is 380 g/mol. The Labute approximate surface area is 161 Å². The van der Waals surface area contributed by atoms with Crippen LogP contribution in [-0.4, -0.2) is 27.6 Å². The molecule has 0 aliphatic heterocycles. The van der Waals surface area contributed by atoms with Crippen LogP contribution in [0.2, 0.25) is 0 Å². The molecule has 0 spiro atoms. The Kier molecular flexibility index (Phi) is 5.54. The Morgan fingerprint density at radius 3 is 2.50 bits per heavy atom. The predicted molar refractivity (Wildman–Crippen MR) is 102 cm³/mol. The van der Waals surface area contributed by atoms with Gasteiger partial charge < -0.3 is 9.15 Å². The van der Waals surface area contributed by atoms with Gasteiger partial charge in [0.05, 0.1) is 0 Å². The van der Waals surface area contributed by atoms with Crippen molar-refractivity contribution >= 4 is 11.8 Å². The lowest BCUT2D eigenvalue weighted by Crippen LogP contribution is -2.29. The van der Waals surface area contributed by atoms with E-state index in [2.05, 4.69) is 5.10 Å². The Balaban J connectivity index is 1.67. The van der Waals surface area contributed by atoms with E-state index in [4.69, 9.17) is 9.15 Å². The van der Waals surface area contributed by atoms with Gasteiger partial charge in [-0.3, -0.25) is 9.59 Å². The van der Waals surface area contributed by atoms with Gasteiger partial charge in [0.1, 0.15) is 6.54 Å². The number of esters is 1. The minimum absolute atomic E-state index is 0.109. The number of ether oxygens (including phenoxy) is 1. The smallest absolute Gasteiger partial charge is 0.437 e. The van der Waals surface area contributed by atoms with E-state index in [0.717, 1.165) is 15.8 Å². The first-order valence-electron chi connectivity index (χ1n) is 8.79. The van der Waals surface area contributed by atoms with E-state index in [0.29, 0.717) is 11.1 Å². The molecule has 7 nitrogen and oxygen atoms in total. The number of Topliss-reactive ketones (excluding diaryl/α,β-unsaturated/α-hetero) is 1. The van der Waals surface area contributed by atoms with Gasteiger partial charge >= 0.3 is 11.7 Å². The second-order valence-electron chi connectivity index (χ2n) is 6.49. The minimum Gasteiger partial charge on any atom is -0.453 e. The minimum atomic E-state index is -0.981. The summed E-state index contributed by atoms with van der Waals surface area (Å²) >= 11 is 0. The lowest BCUT2D eigenvalue weighted by Gasteiger charge is -2.13. The first-order valence-corrected chi connectivity index (χ1v) is 8.79. The fourth-order valence-electron chi connectivity index (χ4n) is 2.64. The highest BCUT2D eigenvalue weighted by Gasteiger charge is 2.21. The molecule has 1 heterocycles. The van der Waals surface area contributed by atoms with Gasteiger partial charge in [-0.2, -0.15) is 4.68 Å². The van der Waals surface area contributed by atoms with Gasteiger partial charge in [0.2, 0.25) is 11.7 Å². The van der Waals surface area contributed by atoms with Gasteiger partial charge in [0, 0.05) is 11.1 Å². The van der Waals surface area contributed by atoms with Crippen molar-refractivity contribution in [2.45, 2.75) is 33.4 Å². The van der Waals surface area contributed by atoms with Crippen molar-refractivity contribution in [1.29, 1.82) is 0 Å². The Morgan fingerprint density at radius 1 is 1.11 bits per heavy atom. The molecule has 28 heavy (non-hydrogen) atoms. The summed E-state index contributed by atoms with van der Waals surface area (Å²) in [6.07, 6.45) is -0.981. The average molecular weight is 380 g/mol. The quantitative estimate of drug-likeness (QED) is 0.482. The van der Waals surface area contributed by atoms with Crippen molar-refractivity contribution in [3.63, 3.8) is 0 Å². The van der Waals surface area contributed by atoms with E-state index >= 15 is 0 Å². The maximum Gasteiger partial charge on any atom is 0.437 e. The maximum absolute atomic E-state index is 12.5. The van der Waals surface area contributed by atoms with Crippen molar-refractivity contribution in [3.8, 4) is 11.5 Å². The molecule has 0 radical (unpaired) electrons. The lowest BCUT2D eigenvalue weighted by molar-refractivity contribution is -0.147. The number of carbonyl (C=O) groups excluding carboxylic acids is 2. The summed E-state index contributed by atoms with van der Waals surface area (Å²) in [5, 5.41) is 4.00. The second kappa shape index (κ2) is 8.04. The average Bonchev–Trinajstić information content (AvgIpc) is 3.04. The molecule has 1 aromatic heterocycles. The molecule has 0 aliphatic rings.